The number of hydrogen-bond acceptors (Lipinski definition) is 5. The highest BCUT2D eigenvalue weighted by Gasteiger charge is 2.36. The Hall–Kier alpha value is -1.50. The molecule has 130 valence electrons. The number of carbonyl (C=O) groups excluding carboxylic acids is 2. The van der Waals surface area contributed by atoms with E-state index in [-0.39, 0.29) is 6.61 Å². The van der Waals surface area contributed by atoms with E-state index in [0.717, 1.165) is 5.01 Å². The molecule has 0 aromatic carbocycles. The second kappa shape index (κ2) is 7.17. The van der Waals surface area contributed by atoms with Gasteiger partial charge in [-0.3, -0.25) is 0 Å². The monoisotopic (exact) mass is 318 g/mol. The van der Waals surface area contributed by atoms with Crippen LogP contribution in [0.5, 0.6) is 0 Å². The van der Waals surface area contributed by atoms with Crippen LogP contribution in [0.25, 0.3) is 0 Å². The quantitative estimate of drug-likeness (QED) is 0.809. The van der Waals surface area contributed by atoms with Crippen molar-refractivity contribution in [1.29, 1.82) is 0 Å². The Kier molecular flexibility index (Phi) is 6.69. The highest BCUT2D eigenvalue weighted by Crippen LogP contribution is 2.18. The van der Waals surface area contributed by atoms with Crippen molar-refractivity contribution in [3.63, 3.8) is 0 Å². The Morgan fingerprint density at radius 3 is 1.73 bits per heavy atom. The lowest BCUT2D eigenvalue weighted by atomic mass is 10.1. The molecule has 1 N–H and O–H groups in total. The first kappa shape index (κ1) is 20.5. The topological polar surface area (TPSA) is 77.1 Å². The van der Waals surface area contributed by atoms with E-state index in [9.17, 15) is 9.59 Å². The van der Waals surface area contributed by atoms with E-state index in [1.165, 1.54) is 7.11 Å². The van der Waals surface area contributed by atoms with Crippen molar-refractivity contribution in [2.45, 2.75) is 72.1 Å². The molecule has 0 unspecified atom stereocenters. The molecule has 0 fully saturated rings. The molecule has 0 aromatic rings. The van der Waals surface area contributed by atoms with Gasteiger partial charge in [-0.15, -0.1) is 0 Å². The summed E-state index contributed by atoms with van der Waals surface area (Å²) in [5.74, 6) is 0. The first-order valence-electron chi connectivity index (χ1n) is 7.20. The van der Waals surface area contributed by atoms with Gasteiger partial charge in [-0.2, -0.15) is 0 Å². The molecular formula is C15H30N2O5. The molecule has 7 nitrogen and oxygen atoms in total. The fraction of sp³-hybridized carbons (Fsp3) is 0.867. The molecule has 0 aromatic heterocycles. The lowest BCUT2D eigenvalue weighted by Crippen LogP contribution is -2.60. The lowest BCUT2D eigenvalue weighted by Gasteiger charge is -2.38. The van der Waals surface area contributed by atoms with Crippen molar-refractivity contribution >= 4 is 12.2 Å². The van der Waals surface area contributed by atoms with E-state index in [2.05, 4.69) is 5.43 Å². The maximum Gasteiger partial charge on any atom is 0.429 e. The highest BCUT2D eigenvalue weighted by molar-refractivity contribution is 5.75. The molecule has 0 bridgehead atoms. The van der Waals surface area contributed by atoms with Gasteiger partial charge in [0.2, 0.25) is 0 Å². The fourth-order valence-electron chi connectivity index (χ4n) is 1.56. The summed E-state index contributed by atoms with van der Waals surface area (Å²) < 4.78 is 15.6. The smallest absolute Gasteiger partial charge is 0.429 e. The van der Waals surface area contributed by atoms with Gasteiger partial charge in [0.05, 0.1) is 12.1 Å². The second-order valence-corrected chi connectivity index (χ2v) is 7.67. The Labute approximate surface area is 133 Å². The van der Waals surface area contributed by atoms with Crippen LogP contribution in [0.2, 0.25) is 0 Å². The zero-order valence-electron chi connectivity index (χ0n) is 15.2. The molecule has 0 aliphatic heterocycles. The minimum atomic E-state index is -0.812. The molecule has 0 heterocycles. The summed E-state index contributed by atoms with van der Waals surface area (Å²) >= 11 is 0. The molecule has 0 atom stereocenters. The maximum absolute atomic E-state index is 12.4. The Morgan fingerprint density at radius 2 is 1.36 bits per heavy atom. The third kappa shape index (κ3) is 8.07. The molecule has 0 rings (SSSR count). The van der Waals surface area contributed by atoms with Gasteiger partial charge in [-0.05, 0) is 55.4 Å². The Balaban J connectivity index is 5.18. The van der Waals surface area contributed by atoms with Crippen LogP contribution >= 0.6 is 0 Å². The van der Waals surface area contributed by atoms with Gasteiger partial charge in [0, 0.05) is 7.11 Å². The summed E-state index contributed by atoms with van der Waals surface area (Å²) in [6.45, 7) is 14.2. The van der Waals surface area contributed by atoms with E-state index >= 15 is 0 Å². The summed E-state index contributed by atoms with van der Waals surface area (Å²) in [5.41, 5.74) is 0.269. The molecule has 7 heteroatoms. The van der Waals surface area contributed by atoms with E-state index in [1.807, 2.05) is 0 Å². The molecule has 0 saturated heterocycles. The SMILES string of the molecule is COCC(C)(C)N(NC(=O)OC(C)(C)C)C(=O)OC(C)(C)C. The van der Waals surface area contributed by atoms with Crippen molar-refractivity contribution in [3.05, 3.63) is 0 Å². The maximum atomic E-state index is 12.4. The van der Waals surface area contributed by atoms with E-state index in [1.54, 1.807) is 55.4 Å². The van der Waals surface area contributed by atoms with Crippen LogP contribution in [-0.2, 0) is 14.2 Å². The number of amides is 2. The number of methoxy groups -OCH3 is 1. The molecule has 0 aliphatic carbocycles. The molecule has 0 saturated carbocycles. The van der Waals surface area contributed by atoms with Crippen molar-refractivity contribution in [3.8, 4) is 0 Å². The molecule has 0 radical (unpaired) electrons. The molecular weight excluding hydrogens is 288 g/mol. The van der Waals surface area contributed by atoms with Gasteiger partial charge in [-0.1, -0.05) is 0 Å². The average Bonchev–Trinajstić information content (AvgIpc) is 2.20. The highest BCUT2D eigenvalue weighted by atomic mass is 16.6. The third-order valence-corrected chi connectivity index (χ3v) is 2.28. The van der Waals surface area contributed by atoms with Gasteiger partial charge in [0.1, 0.15) is 11.2 Å². The zero-order valence-corrected chi connectivity index (χ0v) is 15.2. The standard InChI is InChI=1S/C15H30N2O5/c1-13(2,3)21-11(18)16-17(15(7,8)10-20-9)12(19)22-14(4,5)6/h10H2,1-9H3,(H,16,18). The third-order valence-electron chi connectivity index (χ3n) is 2.28. The number of ether oxygens (including phenoxy) is 3. The van der Waals surface area contributed by atoms with Crippen LogP contribution in [0.3, 0.4) is 0 Å². The van der Waals surface area contributed by atoms with Gasteiger partial charge in [0.15, 0.2) is 0 Å². The van der Waals surface area contributed by atoms with Gasteiger partial charge in [0.25, 0.3) is 0 Å². The normalized spacial score (nSPS) is 12.6. The number of nitrogens with zero attached hydrogens (tertiary/aromatic N) is 1. The van der Waals surface area contributed by atoms with E-state index in [4.69, 9.17) is 14.2 Å². The van der Waals surface area contributed by atoms with Crippen molar-refractivity contribution < 1.29 is 23.8 Å². The number of rotatable bonds is 3. The predicted octanol–water partition coefficient (Wildman–Crippen LogP) is 3.09. The van der Waals surface area contributed by atoms with Crippen LogP contribution in [-0.4, -0.2) is 47.7 Å². The van der Waals surface area contributed by atoms with Crippen LogP contribution in [0.1, 0.15) is 55.4 Å². The fourth-order valence-corrected chi connectivity index (χ4v) is 1.56. The first-order chi connectivity index (χ1) is 9.68. The van der Waals surface area contributed by atoms with E-state index < -0.39 is 28.9 Å². The minimum absolute atomic E-state index is 0.210. The minimum Gasteiger partial charge on any atom is -0.443 e. The number of carbonyl (C=O) groups is 2. The summed E-state index contributed by atoms with van der Waals surface area (Å²) in [6.07, 6.45) is -1.41. The zero-order chi connectivity index (χ0) is 17.8. The molecule has 22 heavy (non-hydrogen) atoms. The summed E-state index contributed by atoms with van der Waals surface area (Å²) in [6, 6.07) is 0. The van der Waals surface area contributed by atoms with Crippen LogP contribution in [0, 0.1) is 0 Å². The molecule has 0 aliphatic rings. The van der Waals surface area contributed by atoms with Gasteiger partial charge >= 0.3 is 12.2 Å². The number of hydrazine groups is 1. The Morgan fingerprint density at radius 1 is 0.909 bits per heavy atom. The van der Waals surface area contributed by atoms with Crippen molar-refractivity contribution in [2.75, 3.05) is 13.7 Å². The van der Waals surface area contributed by atoms with Crippen molar-refractivity contribution in [1.82, 2.24) is 10.4 Å². The second-order valence-electron chi connectivity index (χ2n) is 7.67. The van der Waals surface area contributed by atoms with Crippen LogP contribution < -0.4 is 5.43 Å². The van der Waals surface area contributed by atoms with Crippen LogP contribution in [0.15, 0.2) is 0 Å². The predicted molar refractivity (Wildman–Crippen MR) is 83.4 cm³/mol. The van der Waals surface area contributed by atoms with Crippen molar-refractivity contribution in [2.24, 2.45) is 0 Å². The average molecular weight is 318 g/mol. The first-order valence-corrected chi connectivity index (χ1v) is 7.20. The summed E-state index contributed by atoms with van der Waals surface area (Å²) in [5, 5.41) is 1.09. The molecule has 0 spiro atoms. The van der Waals surface area contributed by atoms with E-state index in [0.29, 0.717) is 0 Å². The summed E-state index contributed by atoms with van der Waals surface area (Å²) in [4.78, 5) is 24.3. The summed E-state index contributed by atoms with van der Waals surface area (Å²) in [7, 11) is 1.52. The van der Waals surface area contributed by atoms with Gasteiger partial charge in [-0.25, -0.2) is 20.0 Å². The van der Waals surface area contributed by atoms with Gasteiger partial charge < -0.3 is 14.2 Å². The largest absolute Gasteiger partial charge is 0.443 e. The number of hydrogen-bond donors (Lipinski definition) is 1. The lowest BCUT2D eigenvalue weighted by molar-refractivity contribution is -0.0410. The van der Waals surface area contributed by atoms with Crippen LogP contribution in [0.4, 0.5) is 9.59 Å². The number of nitrogens with one attached hydrogen (secondary N) is 1. The molecule has 2 amide bonds. The Bertz CT molecular complexity index is 394.